The van der Waals surface area contributed by atoms with E-state index in [0.717, 1.165) is 17.1 Å². The molecule has 0 atom stereocenters. The third kappa shape index (κ3) is 3.19. The molecule has 102 valence electrons. The van der Waals surface area contributed by atoms with Crippen molar-refractivity contribution >= 4 is 11.4 Å². The number of rotatable bonds is 5. The van der Waals surface area contributed by atoms with Gasteiger partial charge in [-0.3, -0.25) is 4.68 Å². The highest BCUT2D eigenvalue weighted by Crippen LogP contribution is 2.23. The zero-order valence-electron chi connectivity index (χ0n) is 11.6. The zero-order chi connectivity index (χ0) is 13.8. The normalized spacial score (nSPS) is 10.5. The molecule has 0 bridgehead atoms. The highest BCUT2D eigenvalue weighted by molar-refractivity contribution is 5.59. The fraction of sp³-hybridized carbons (Fsp3) is 0.357. The molecule has 0 aliphatic rings. The molecule has 2 aromatic rings. The molecule has 1 aromatic carbocycles. The van der Waals surface area contributed by atoms with E-state index in [-0.39, 0.29) is 0 Å². The van der Waals surface area contributed by atoms with Crippen LogP contribution in [0, 0.1) is 6.92 Å². The van der Waals surface area contributed by atoms with Crippen LogP contribution in [0.1, 0.15) is 18.2 Å². The summed E-state index contributed by atoms with van der Waals surface area (Å²) in [5.74, 6) is 0.785. The second kappa shape index (κ2) is 5.65. The average molecular weight is 260 g/mol. The largest absolute Gasteiger partial charge is 0.494 e. The van der Waals surface area contributed by atoms with Crippen LogP contribution in [0.4, 0.5) is 11.4 Å². The monoisotopic (exact) mass is 260 g/mol. The van der Waals surface area contributed by atoms with E-state index in [4.69, 9.17) is 10.5 Å². The maximum atomic E-state index is 5.86. The van der Waals surface area contributed by atoms with Gasteiger partial charge in [-0.15, -0.1) is 0 Å². The first-order chi connectivity index (χ1) is 9.10. The first-order valence-electron chi connectivity index (χ1n) is 6.35. The molecule has 0 fully saturated rings. The smallest absolute Gasteiger partial charge is 0.123 e. The van der Waals surface area contributed by atoms with Crippen LogP contribution in [0.25, 0.3) is 0 Å². The summed E-state index contributed by atoms with van der Waals surface area (Å²) in [5.41, 5.74) is 9.82. The molecule has 0 saturated heterocycles. The number of aryl methyl sites for hydroxylation is 1. The molecule has 1 aromatic heterocycles. The van der Waals surface area contributed by atoms with Crippen molar-refractivity contribution in [3.63, 3.8) is 0 Å². The summed E-state index contributed by atoms with van der Waals surface area (Å²) in [6.45, 7) is 5.35. The molecule has 2 rings (SSSR count). The summed E-state index contributed by atoms with van der Waals surface area (Å²) < 4.78 is 7.33. The van der Waals surface area contributed by atoms with Crippen LogP contribution in [-0.4, -0.2) is 16.4 Å². The number of aromatic nitrogens is 2. The van der Waals surface area contributed by atoms with E-state index in [2.05, 4.69) is 17.3 Å². The van der Waals surface area contributed by atoms with E-state index in [1.807, 2.05) is 43.0 Å². The van der Waals surface area contributed by atoms with Crippen molar-refractivity contribution < 1.29 is 4.74 Å². The van der Waals surface area contributed by atoms with Crippen LogP contribution < -0.4 is 15.8 Å². The average Bonchev–Trinajstić information content (AvgIpc) is 2.67. The Morgan fingerprint density at radius 3 is 2.79 bits per heavy atom. The fourth-order valence-corrected chi connectivity index (χ4v) is 1.89. The highest BCUT2D eigenvalue weighted by atomic mass is 16.5. The van der Waals surface area contributed by atoms with Crippen molar-refractivity contribution in [2.75, 3.05) is 17.7 Å². The number of nitrogens with two attached hydrogens (primary N) is 1. The van der Waals surface area contributed by atoms with Gasteiger partial charge in [0.05, 0.1) is 12.8 Å². The SMILES string of the molecule is CCOc1cc(N)cc(NCc2cnn(C)c2C)c1. The van der Waals surface area contributed by atoms with Crippen molar-refractivity contribution in [1.82, 2.24) is 9.78 Å². The van der Waals surface area contributed by atoms with Gasteiger partial charge in [0, 0.05) is 48.4 Å². The molecular formula is C14H20N4O. The number of nitrogens with one attached hydrogen (secondary N) is 1. The minimum absolute atomic E-state index is 0.630. The summed E-state index contributed by atoms with van der Waals surface area (Å²) in [5, 5.41) is 7.56. The van der Waals surface area contributed by atoms with Crippen LogP contribution in [0.3, 0.4) is 0 Å². The molecule has 0 aliphatic heterocycles. The minimum Gasteiger partial charge on any atom is -0.494 e. The number of benzene rings is 1. The molecule has 0 amide bonds. The van der Waals surface area contributed by atoms with Gasteiger partial charge < -0.3 is 15.8 Å². The van der Waals surface area contributed by atoms with Crippen LogP contribution in [-0.2, 0) is 13.6 Å². The van der Waals surface area contributed by atoms with E-state index in [0.29, 0.717) is 18.8 Å². The van der Waals surface area contributed by atoms with Gasteiger partial charge in [0.2, 0.25) is 0 Å². The Morgan fingerprint density at radius 1 is 1.37 bits per heavy atom. The predicted molar refractivity (Wildman–Crippen MR) is 77.3 cm³/mol. The molecule has 5 heteroatoms. The van der Waals surface area contributed by atoms with Gasteiger partial charge in [-0.1, -0.05) is 0 Å². The quantitative estimate of drug-likeness (QED) is 0.810. The van der Waals surface area contributed by atoms with Gasteiger partial charge in [0.15, 0.2) is 0 Å². The van der Waals surface area contributed by atoms with Gasteiger partial charge in [0.25, 0.3) is 0 Å². The first-order valence-corrected chi connectivity index (χ1v) is 6.35. The summed E-state index contributed by atoms with van der Waals surface area (Å²) in [7, 11) is 1.94. The van der Waals surface area contributed by atoms with Crippen molar-refractivity contribution in [2.24, 2.45) is 7.05 Å². The van der Waals surface area contributed by atoms with Crippen molar-refractivity contribution in [2.45, 2.75) is 20.4 Å². The van der Waals surface area contributed by atoms with E-state index in [9.17, 15) is 0 Å². The van der Waals surface area contributed by atoms with Crippen LogP contribution in [0.5, 0.6) is 5.75 Å². The van der Waals surface area contributed by atoms with Crippen molar-refractivity contribution in [3.05, 3.63) is 35.7 Å². The predicted octanol–water partition coefficient (Wildman–Crippen LogP) is 2.32. The molecule has 0 spiro atoms. The maximum absolute atomic E-state index is 5.86. The lowest BCUT2D eigenvalue weighted by atomic mass is 10.2. The number of hydrogen-bond acceptors (Lipinski definition) is 4. The maximum Gasteiger partial charge on any atom is 0.123 e. The Balaban J connectivity index is 2.08. The van der Waals surface area contributed by atoms with E-state index in [1.54, 1.807) is 0 Å². The lowest BCUT2D eigenvalue weighted by Crippen LogP contribution is -2.03. The standard InChI is InChI=1S/C14H20N4O/c1-4-19-14-6-12(15)5-13(7-14)16-8-11-9-17-18(3)10(11)2/h5-7,9,16H,4,8,15H2,1-3H3. The first kappa shape index (κ1) is 13.3. The zero-order valence-corrected chi connectivity index (χ0v) is 11.6. The molecule has 0 radical (unpaired) electrons. The van der Waals surface area contributed by atoms with Crippen molar-refractivity contribution in [3.8, 4) is 5.75 Å². The molecular weight excluding hydrogens is 240 g/mol. The Bertz CT molecular complexity index is 563. The van der Waals surface area contributed by atoms with Gasteiger partial charge in [-0.25, -0.2) is 0 Å². The summed E-state index contributed by atoms with van der Waals surface area (Å²) >= 11 is 0. The Hall–Kier alpha value is -2.17. The lowest BCUT2D eigenvalue weighted by Gasteiger charge is -2.10. The van der Waals surface area contributed by atoms with Crippen molar-refractivity contribution in [1.29, 1.82) is 0 Å². The van der Waals surface area contributed by atoms with Crippen LogP contribution in [0.2, 0.25) is 0 Å². The van der Waals surface area contributed by atoms with Gasteiger partial charge >= 0.3 is 0 Å². The third-order valence-corrected chi connectivity index (χ3v) is 3.06. The Kier molecular flexibility index (Phi) is 3.94. The van der Waals surface area contributed by atoms with Gasteiger partial charge in [0.1, 0.15) is 5.75 Å². The molecule has 1 heterocycles. The molecule has 0 unspecified atom stereocenters. The molecule has 5 nitrogen and oxygen atoms in total. The Labute approximate surface area is 113 Å². The van der Waals surface area contributed by atoms with Gasteiger partial charge in [-0.05, 0) is 19.9 Å². The van der Waals surface area contributed by atoms with E-state index >= 15 is 0 Å². The number of hydrogen-bond donors (Lipinski definition) is 2. The van der Waals surface area contributed by atoms with E-state index < -0.39 is 0 Å². The molecule has 19 heavy (non-hydrogen) atoms. The molecule has 0 aliphatic carbocycles. The third-order valence-electron chi connectivity index (χ3n) is 3.06. The fourth-order valence-electron chi connectivity index (χ4n) is 1.89. The highest BCUT2D eigenvalue weighted by Gasteiger charge is 2.04. The molecule has 0 saturated carbocycles. The van der Waals surface area contributed by atoms with Gasteiger partial charge in [-0.2, -0.15) is 5.10 Å². The molecule has 3 N–H and O–H groups in total. The Morgan fingerprint density at radius 2 is 2.16 bits per heavy atom. The number of anilines is 2. The van der Waals surface area contributed by atoms with E-state index in [1.165, 1.54) is 5.56 Å². The second-order valence-electron chi connectivity index (χ2n) is 4.46. The lowest BCUT2D eigenvalue weighted by molar-refractivity contribution is 0.340. The summed E-state index contributed by atoms with van der Waals surface area (Å²) in [6, 6.07) is 5.67. The number of nitrogens with zero attached hydrogens (tertiary/aromatic N) is 2. The number of nitrogen functional groups attached to an aromatic ring is 1. The summed E-state index contributed by atoms with van der Waals surface area (Å²) in [6.07, 6.45) is 1.87. The topological polar surface area (TPSA) is 65.1 Å². The van der Waals surface area contributed by atoms with Crippen LogP contribution in [0.15, 0.2) is 24.4 Å². The number of ether oxygens (including phenoxy) is 1. The minimum atomic E-state index is 0.630. The summed E-state index contributed by atoms with van der Waals surface area (Å²) in [4.78, 5) is 0. The second-order valence-corrected chi connectivity index (χ2v) is 4.46. The van der Waals surface area contributed by atoms with Crippen LogP contribution >= 0.6 is 0 Å².